The van der Waals surface area contributed by atoms with E-state index in [2.05, 4.69) is 75.8 Å². The van der Waals surface area contributed by atoms with Crippen LogP contribution in [-0.4, -0.2) is 58.2 Å². The lowest BCUT2D eigenvalue weighted by Gasteiger charge is -2.23. The highest BCUT2D eigenvalue weighted by Gasteiger charge is 2.24. The Morgan fingerprint density at radius 3 is 0.786 bits per heavy atom. The van der Waals surface area contributed by atoms with E-state index in [0.29, 0.717) is 25.2 Å². The molecular weight excluding hydrogens is 637 g/mol. The van der Waals surface area contributed by atoms with Crippen molar-refractivity contribution < 1.29 is 0 Å². The molecule has 0 saturated carbocycles. The molecule has 0 amide bonds. The van der Waals surface area contributed by atoms with E-state index >= 15 is 0 Å². The van der Waals surface area contributed by atoms with Gasteiger partial charge in [-0.05, 0) is 23.2 Å². The van der Waals surface area contributed by atoms with Crippen LogP contribution in [0.25, 0.3) is 0 Å². The number of thiocarbonyl (C=S) groups is 6. The van der Waals surface area contributed by atoms with Crippen LogP contribution in [0.5, 0.6) is 0 Å². The summed E-state index contributed by atoms with van der Waals surface area (Å²) in [4.78, 5) is 0. The summed E-state index contributed by atoms with van der Waals surface area (Å²) in [6, 6.07) is 0. The van der Waals surface area contributed by atoms with Crippen molar-refractivity contribution in [3.05, 3.63) is 0 Å². The first-order valence-corrected chi connectivity index (χ1v) is 15.4. The predicted octanol–water partition coefficient (Wildman–Crippen LogP) is 6.45. The monoisotopic (exact) mass is 652 g/mol. The van der Waals surface area contributed by atoms with Crippen molar-refractivity contribution in [2.75, 3.05) is 17.3 Å². The Kier molecular flexibility index (Phi) is 19.4. The van der Waals surface area contributed by atoms with Crippen LogP contribution in [0, 0.1) is 5.92 Å². The van der Waals surface area contributed by atoms with Gasteiger partial charge in [0.1, 0.15) is 0 Å². The highest BCUT2D eigenvalue weighted by atomic mass is 32.2. The van der Waals surface area contributed by atoms with E-state index in [0.717, 1.165) is 17.3 Å². The maximum absolute atomic E-state index is 5.18. The van der Waals surface area contributed by atoms with E-state index in [-0.39, 0.29) is 21.7 Å². The molecule has 0 aliphatic heterocycles. The Hall–Kier alpha value is 3.69. The summed E-state index contributed by atoms with van der Waals surface area (Å²) in [7, 11) is 0. The van der Waals surface area contributed by atoms with Crippen LogP contribution in [0.4, 0.5) is 0 Å². The minimum atomic E-state index is -0.186. The van der Waals surface area contributed by atoms with Gasteiger partial charge in [0, 0.05) is 0 Å². The van der Waals surface area contributed by atoms with Crippen molar-refractivity contribution in [2.24, 2.45) is 5.92 Å². The van der Waals surface area contributed by atoms with Crippen molar-refractivity contribution in [1.29, 1.82) is 0 Å². The standard InChI is InChI=1S/C13H16S15/c14-8(15)5(9(16)17)26-1-4(2-27-6(10(18)19)11(20)21)3-28-7(12(22)23)13(24)25/h4-7H,1-3H2,(H,14,15)(H,16,17)(H,18,19)(H,20,21)(H,22,23)(H,24,25). The largest absolute Gasteiger partial charge is 0.146 e. The van der Waals surface area contributed by atoms with Crippen LogP contribution >= 0.6 is 184 Å². The lowest BCUT2D eigenvalue weighted by atomic mass is 10.3. The molecule has 0 spiro atoms. The Bertz CT molecular complexity index is 498. The molecule has 28 heavy (non-hydrogen) atoms. The predicted molar refractivity (Wildman–Crippen MR) is 182 cm³/mol. The fraction of sp³-hybridized carbons (Fsp3) is 0.538. The van der Waals surface area contributed by atoms with Crippen LogP contribution in [0.15, 0.2) is 0 Å². The molecule has 0 atom stereocenters. The molecule has 0 rings (SSSR count). The van der Waals surface area contributed by atoms with Crippen LogP contribution in [-0.2, 0) is 0 Å². The van der Waals surface area contributed by atoms with E-state index in [1.807, 2.05) is 0 Å². The average Bonchev–Trinajstić information content (AvgIpc) is 2.52. The zero-order valence-corrected chi connectivity index (χ0v) is 26.5. The van der Waals surface area contributed by atoms with Gasteiger partial charge in [-0.2, -0.15) is 0 Å². The topological polar surface area (TPSA) is 0 Å². The van der Waals surface area contributed by atoms with Gasteiger partial charge in [-0.3, -0.25) is 0 Å². The second-order valence-corrected chi connectivity index (χ2v) is 15.8. The van der Waals surface area contributed by atoms with Crippen LogP contribution in [0.3, 0.4) is 0 Å². The molecule has 0 aromatic carbocycles. The summed E-state index contributed by atoms with van der Waals surface area (Å²) in [5.41, 5.74) is 0. The quantitative estimate of drug-likeness (QED) is 0.0865. The van der Waals surface area contributed by atoms with Crippen LogP contribution < -0.4 is 0 Å². The van der Waals surface area contributed by atoms with Gasteiger partial charge in [0.25, 0.3) is 0 Å². The van der Waals surface area contributed by atoms with Crippen LogP contribution in [0.2, 0.25) is 0 Å². The normalized spacial score (nSPS) is 11.4. The molecule has 0 aliphatic rings. The van der Waals surface area contributed by atoms with Crippen molar-refractivity contribution in [3.8, 4) is 0 Å². The lowest BCUT2D eigenvalue weighted by Crippen LogP contribution is -2.25. The molecule has 0 N–H and O–H groups in total. The maximum Gasteiger partial charge on any atom is 0.0865 e. The summed E-state index contributed by atoms with van der Waals surface area (Å²) in [5.74, 6) is 2.60. The minimum Gasteiger partial charge on any atom is -0.146 e. The number of rotatable bonds is 15. The van der Waals surface area contributed by atoms with Gasteiger partial charge in [-0.25, -0.2) is 0 Å². The molecule has 0 unspecified atom stereocenters. The SMILES string of the molecule is S=C(S)C(SCC(CSC(C(=S)S)C(=S)S)CSC(C(=S)S)C(=S)S)C(=S)S. The Morgan fingerprint density at radius 2 is 0.643 bits per heavy atom. The fourth-order valence-electron chi connectivity index (χ4n) is 1.59. The van der Waals surface area contributed by atoms with Crippen molar-refractivity contribution in [2.45, 2.75) is 15.7 Å². The van der Waals surface area contributed by atoms with E-state index < -0.39 is 0 Å². The molecule has 0 fully saturated rings. The highest BCUT2D eigenvalue weighted by Crippen LogP contribution is 2.30. The van der Waals surface area contributed by atoms with Crippen molar-refractivity contribution in [1.82, 2.24) is 0 Å². The molecule has 0 heterocycles. The highest BCUT2D eigenvalue weighted by molar-refractivity contribution is 8.21. The molecule has 0 aliphatic carbocycles. The third-order valence-corrected chi connectivity index (χ3v) is 12.2. The summed E-state index contributed by atoms with van der Waals surface area (Å²) in [6.45, 7) is 0. The molecule has 0 bridgehead atoms. The second kappa shape index (κ2) is 17.2. The summed E-state index contributed by atoms with van der Waals surface area (Å²) < 4.78 is 3.09. The Morgan fingerprint density at radius 1 is 0.464 bits per heavy atom. The van der Waals surface area contributed by atoms with Gasteiger partial charge in [0.05, 0.1) is 40.9 Å². The molecule has 0 saturated heterocycles. The Labute approximate surface area is 245 Å². The van der Waals surface area contributed by atoms with Gasteiger partial charge in [-0.1, -0.05) is 73.3 Å². The molecule has 0 radical (unpaired) electrons. The van der Waals surface area contributed by atoms with E-state index in [1.54, 1.807) is 35.3 Å². The van der Waals surface area contributed by atoms with E-state index in [4.69, 9.17) is 73.3 Å². The molecular formula is C13H16S15. The van der Waals surface area contributed by atoms with Crippen molar-refractivity contribution in [3.63, 3.8) is 0 Å². The summed E-state index contributed by atoms with van der Waals surface area (Å²) in [5, 5.41) is -0.557. The Balaban J connectivity index is 5.18. The van der Waals surface area contributed by atoms with Gasteiger partial charge in [-0.15, -0.1) is 111 Å². The summed E-state index contributed by atoms with van der Waals surface area (Å²) >= 11 is 61.5. The number of thioether (sulfide) groups is 3. The number of thiol groups is 6. The van der Waals surface area contributed by atoms with Crippen molar-refractivity contribution >= 4 is 210 Å². The first-order valence-electron chi connectivity index (χ1n) is 7.10. The lowest BCUT2D eigenvalue weighted by molar-refractivity contribution is 0.779. The molecule has 0 nitrogen and oxygen atoms in total. The van der Waals surface area contributed by atoms with E-state index in [1.165, 1.54) is 0 Å². The number of hydrogen-bond donors (Lipinski definition) is 6. The third-order valence-electron chi connectivity index (χ3n) is 2.84. The van der Waals surface area contributed by atoms with Gasteiger partial charge in [0.15, 0.2) is 0 Å². The zero-order valence-electron chi connectivity index (χ0n) is 13.8. The van der Waals surface area contributed by atoms with Gasteiger partial charge in [0.2, 0.25) is 0 Å². The first-order chi connectivity index (χ1) is 12.9. The molecule has 0 aromatic rings. The van der Waals surface area contributed by atoms with Gasteiger partial charge >= 0.3 is 0 Å². The van der Waals surface area contributed by atoms with Gasteiger partial charge < -0.3 is 0 Å². The third kappa shape index (κ3) is 13.4. The minimum absolute atomic E-state index is 0.186. The van der Waals surface area contributed by atoms with E-state index in [9.17, 15) is 0 Å². The molecule has 15 heteroatoms. The fourth-order valence-corrected chi connectivity index (χ4v) is 10.1. The van der Waals surface area contributed by atoms with Crippen LogP contribution in [0.1, 0.15) is 0 Å². The first kappa shape index (κ1) is 31.7. The summed E-state index contributed by atoms with van der Waals surface area (Å²) in [6.07, 6.45) is 0. The average molecular weight is 653 g/mol. The maximum atomic E-state index is 5.18. The second-order valence-electron chi connectivity index (χ2n) is 5.04. The zero-order chi connectivity index (χ0) is 22.0. The molecule has 0 aromatic heterocycles. The smallest absolute Gasteiger partial charge is 0.0865 e. The number of hydrogen-bond acceptors (Lipinski definition) is 9. The molecule has 158 valence electrons.